The van der Waals surface area contributed by atoms with E-state index in [1.54, 1.807) is 0 Å². The predicted molar refractivity (Wildman–Crippen MR) is 62.7 cm³/mol. The van der Waals surface area contributed by atoms with Crippen molar-refractivity contribution >= 4 is 11.0 Å². The molecule has 0 radical (unpaired) electrons. The lowest BCUT2D eigenvalue weighted by Gasteiger charge is -2.17. The third-order valence-corrected chi connectivity index (χ3v) is 2.49. The Morgan fingerprint density at radius 2 is 2.00 bits per heavy atom. The molecule has 2 aromatic rings. The van der Waals surface area contributed by atoms with Crippen molar-refractivity contribution in [2.45, 2.75) is 25.8 Å². The molecule has 1 aromatic heterocycles. The van der Waals surface area contributed by atoms with Crippen molar-refractivity contribution < 1.29 is 0 Å². The Morgan fingerprint density at radius 3 is 2.60 bits per heavy atom. The molecule has 1 aromatic carbocycles. The number of nitrogens with two attached hydrogens (primary N) is 1. The van der Waals surface area contributed by atoms with Crippen molar-refractivity contribution in [3.05, 3.63) is 30.1 Å². The van der Waals surface area contributed by atoms with Crippen LogP contribution in [0.3, 0.4) is 0 Å². The van der Waals surface area contributed by atoms with Crippen molar-refractivity contribution in [2.24, 2.45) is 12.8 Å². The van der Waals surface area contributed by atoms with Crippen molar-refractivity contribution in [3.8, 4) is 0 Å². The van der Waals surface area contributed by atoms with E-state index in [-0.39, 0.29) is 5.54 Å². The van der Waals surface area contributed by atoms with Gasteiger partial charge in [-0.15, -0.1) is 0 Å². The number of para-hydroxylation sites is 2. The Morgan fingerprint density at radius 1 is 1.33 bits per heavy atom. The summed E-state index contributed by atoms with van der Waals surface area (Å²) in [7, 11) is 2.04. The molecule has 3 nitrogen and oxygen atoms in total. The first kappa shape index (κ1) is 10.2. The van der Waals surface area contributed by atoms with E-state index in [4.69, 9.17) is 5.73 Å². The molecular formula is C12H17N3. The Labute approximate surface area is 89.9 Å². The fourth-order valence-corrected chi connectivity index (χ4v) is 1.76. The molecular weight excluding hydrogens is 186 g/mol. The lowest BCUT2D eigenvalue weighted by atomic mass is 10.0. The number of benzene rings is 1. The molecule has 0 saturated heterocycles. The lowest BCUT2D eigenvalue weighted by molar-refractivity contribution is 0.495. The van der Waals surface area contributed by atoms with E-state index < -0.39 is 0 Å². The molecule has 0 fully saturated rings. The zero-order valence-electron chi connectivity index (χ0n) is 9.49. The Bertz CT molecular complexity index is 477. The van der Waals surface area contributed by atoms with Crippen molar-refractivity contribution in [1.29, 1.82) is 0 Å². The molecule has 0 atom stereocenters. The molecule has 0 aliphatic heterocycles. The highest BCUT2D eigenvalue weighted by Gasteiger charge is 2.16. The van der Waals surface area contributed by atoms with Gasteiger partial charge in [-0.25, -0.2) is 4.98 Å². The summed E-state index contributed by atoms with van der Waals surface area (Å²) < 4.78 is 2.12. The van der Waals surface area contributed by atoms with Gasteiger partial charge in [-0.05, 0) is 26.0 Å². The van der Waals surface area contributed by atoms with Crippen LogP contribution >= 0.6 is 0 Å². The molecule has 0 unspecified atom stereocenters. The van der Waals surface area contributed by atoms with E-state index >= 15 is 0 Å². The van der Waals surface area contributed by atoms with Gasteiger partial charge in [-0.1, -0.05) is 12.1 Å². The molecule has 0 amide bonds. The molecule has 0 spiro atoms. The number of aryl methyl sites for hydroxylation is 1. The second-order valence-corrected chi connectivity index (χ2v) is 4.74. The largest absolute Gasteiger partial charge is 0.331 e. The Kier molecular flexibility index (Phi) is 2.27. The quantitative estimate of drug-likeness (QED) is 0.809. The summed E-state index contributed by atoms with van der Waals surface area (Å²) in [4.78, 5) is 4.58. The van der Waals surface area contributed by atoms with Gasteiger partial charge in [0.2, 0.25) is 0 Å². The van der Waals surface area contributed by atoms with Gasteiger partial charge in [-0.2, -0.15) is 0 Å². The van der Waals surface area contributed by atoms with Crippen molar-refractivity contribution in [3.63, 3.8) is 0 Å². The van der Waals surface area contributed by atoms with Crippen molar-refractivity contribution in [2.75, 3.05) is 0 Å². The summed E-state index contributed by atoms with van der Waals surface area (Å²) in [6.45, 7) is 4.04. The molecule has 2 rings (SSSR count). The second-order valence-electron chi connectivity index (χ2n) is 4.74. The summed E-state index contributed by atoms with van der Waals surface area (Å²) in [6.07, 6.45) is 0.790. The van der Waals surface area contributed by atoms with Gasteiger partial charge in [0.05, 0.1) is 11.0 Å². The number of aromatic nitrogens is 2. The smallest absolute Gasteiger partial charge is 0.111 e. The summed E-state index contributed by atoms with van der Waals surface area (Å²) in [5, 5.41) is 0. The van der Waals surface area contributed by atoms with E-state index in [9.17, 15) is 0 Å². The zero-order chi connectivity index (χ0) is 11.1. The molecule has 0 aliphatic rings. The van der Waals surface area contributed by atoms with Gasteiger partial charge in [0.25, 0.3) is 0 Å². The maximum absolute atomic E-state index is 6.00. The van der Waals surface area contributed by atoms with Crippen LogP contribution in [-0.4, -0.2) is 15.1 Å². The van der Waals surface area contributed by atoms with Gasteiger partial charge in [0.1, 0.15) is 5.82 Å². The molecule has 1 heterocycles. The van der Waals surface area contributed by atoms with Gasteiger partial charge in [-0.3, -0.25) is 0 Å². The number of imidazole rings is 1. The first-order chi connectivity index (χ1) is 6.97. The topological polar surface area (TPSA) is 43.8 Å². The van der Waals surface area contributed by atoms with E-state index in [1.165, 1.54) is 0 Å². The van der Waals surface area contributed by atoms with Crippen LogP contribution in [0, 0.1) is 0 Å². The minimum absolute atomic E-state index is 0.213. The third-order valence-electron chi connectivity index (χ3n) is 2.49. The first-order valence-electron chi connectivity index (χ1n) is 5.16. The normalized spacial score (nSPS) is 12.3. The highest BCUT2D eigenvalue weighted by Crippen LogP contribution is 2.17. The van der Waals surface area contributed by atoms with Gasteiger partial charge >= 0.3 is 0 Å². The van der Waals surface area contributed by atoms with E-state index in [2.05, 4.69) is 15.6 Å². The first-order valence-corrected chi connectivity index (χ1v) is 5.16. The fraction of sp³-hybridized carbons (Fsp3) is 0.417. The number of hydrogen-bond donors (Lipinski definition) is 1. The standard InChI is InChI=1S/C12H17N3/c1-12(2,13)8-11-14-9-6-4-5-7-10(9)15(11)3/h4-7H,8,13H2,1-3H3. The van der Waals surface area contributed by atoms with Crippen LogP contribution in [0.1, 0.15) is 19.7 Å². The number of rotatable bonds is 2. The summed E-state index contributed by atoms with van der Waals surface area (Å²) >= 11 is 0. The molecule has 0 aliphatic carbocycles. The maximum atomic E-state index is 6.00. The predicted octanol–water partition coefficient (Wildman–Crippen LogP) is 1.85. The number of fused-ring (bicyclic) bond motifs is 1. The van der Waals surface area contributed by atoms with E-state index in [1.807, 2.05) is 39.1 Å². The van der Waals surface area contributed by atoms with Crippen LogP contribution < -0.4 is 5.73 Å². The molecule has 0 saturated carbocycles. The van der Waals surface area contributed by atoms with Crippen LogP contribution in [0.4, 0.5) is 0 Å². The SMILES string of the molecule is Cn1c(CC(C)(C)N)nc2ccccc21. The fourth-order valence-electron chi connectivity index (χ4n) is 1.76. The average Bonchev–Trinajstić information content (AvgIpc) is 2.42. The molecule has 80 valence electrons. The molecule has 2 N–H and O–H groups in total. The van der Waals surface area contributed by atoms with Crippen LogP contribution in [-0.2, 0) is 13.5 Å². The molecule has 0 bridgehead atoms. The van der Waals surface area contributed by atoms with Crippen molar-refractivity contribution in [1.82, 2.24) is 9.55 Å². The molecule has 15 heavy (non-hydrogen) atoms. The minimum Gasteiger partial charge on any atom is -0.331 e. The second kappa shape index (κ2) is 3.35. The monoisotopic (exact) mass is 203 g/mol. The van der Waals surface area contributed by atoms with Crippen LogP contribution in [0.2, 0.25) is 0 Å². The summed E-state index contributed by atoms with van der Waals surface area (Å²) in [6, 6.07) is 8.14. The minimum atomic E-state index is -0.213. The number of hydrogen-bond acceptors (Lipinski definition) is 2. The highest BCUT2D eigenvalue weighted by atomic mass is 15.1. The summed E-state index contributed by atoms with van der Waals surface area (Å²) in [5.41, 5.74) is 8.00. The Hall–Kier alpha value is -1.35. The maximum Gasteiger partial charge on any atom is 0.111 e. The third kappa shape index (κ3) is 2.02. The average molecular weight is 203 g/mol. The van der Waals surface area contributed by atoms with Gasteiger partial charge in [0, 0.05) is 19.0 Å². The van der Waals surface area contributed by atoms with E-state index in [0.717, 1.165) is 23.3 Å². The molecule has 3 heteroatoms. The Balaban J connectivity index is 2.49. The highest BCUT2D eigenvalue weighted by molar-refractivity contribution is 5.75. The summed E-state index contributed by atoms with van der Waals surface area (Å²) in [5.74, 6) is 1.05. The lowest BCUT2D eigenvalue weighted by Crippen LogP contribution is -2.35. The van der Waals surface area contributed by atoms with Crippen LogP contribution in [0.25, 0.3) is 11.0 Å². The van der Waals surface area contributed by atoms with Gasteiger partial charge in [0.15, 0.2) is 0 Å². The number of nitrogens with zero attached hydrogens (tertiary/aromatic N) is 2. The zero-order valence-corrected chi connectivity index (χ0v) is 9.49. The van der Waals surface area contributed by atoms with E-state index in [0.29, 0.717) is 0 Å². The van der Waals surface area contributed by atoms with Crippen LogP contribution in [0.5, 0.6) is 0 Å². The van der Waals surface area contributed by atoms with Crippen LogP contribution in [0.15, 0.2) is 24.3 Å². The van der Waals surface area contributed by atoms with Gasteiger partial charge < -0.3 is 10.3 Å².